The molecule has 2 aromatic carbocycles. The van der Waals surface area contributed by atoms with E-state index in [1.54, 1.807) is 24.3 Å². The number of aromatic nitrogens is 2. The molecule has 3 aromatic rings. The van der Waals surface area contributed by atoms with Crippen LogP contribution in [0.1, 0.15) is 46.0 Å². The van der Waals surface area contributed by atoms with E-state index in [4.69, 9.17) is 25.8 Å². The van der Waals surface area contributed by atoms with E-state index in [1.165, 1.54) is 19.6 Å². The summed E-state index contributed by atoms with van der Waals surface area (Å²) in [5.74, 6) is 1.09. The third-order valence-corrected chi connectivity index (χ3v) is 6.34. The number of amides is 1. The van der Waals surface area contributed by atoms with Gasteiger partial charge in [-0.3, -0.25) is 4.79 Å². The molecule has 0 saturated heterocycles. The van der Waals surface area contributed by atoms with Gasteiger partial charge in [0.05, 0.1) is 5.71 Å². The summed E-state index contributed by atoms with van der Waals surface area (Å²) in [7, 11) is 1.52. The van der Waals surface area contributed by atoms with Gasteiger partial charge in [0.15, 0.2) is 0 Å². The second-order valence-electron chi connectivity index (χ2n) is 9.03. The molecule has 4 rings (SSSR count). The smallest absolute Gasteiger partial charge is 0.260 e. The molecule has 5 N–H and O–H groups in total. The Bertz CT molecular complexity index is 1340. The predicted molar refractivity (Wildman–Crippen MR) is 139 cm³/mol. The van der Waals surface area contributed by atoms with Crippen LogP contribution in [0.15, 0.2) is 41.9 Å². The van der Waals surface area contributed by atoms with Crippen molar-refractivity contribution in [1.82, 2.24) is 9.97 Å². The molecule has 36 heavy (non-hydrogen) atoms. The lowest BCUT2D eigenvalue weighted by Crippen LogP contribution is -2.45. The Hall–Kier alpha value is -4.34. The third-order valence-electron chi connectivity index (χ3n) is 6.34. The third kappa shape index (κ3) is 4.74. The number of hydrogen-bond donors (Lipinski definition) is 3. The van der Waals surface area contributed by atoms with Gasteiger partial charge >= 0.3 is 0 Å². The van der Waals surface area contributed by atoms with Crippen molar-refractivity contribution in [2.75, 3.05) is 30.5 Å². The maximum atomic E-state index is 12.4. The zero-order valence-corrected chi connectivity index (χ0v) is 21.0. The van der Waals surface area contributed by atoms with Gasteiger partial charge in [-0.15, -0.1) is 0 Å². The van der Waals surface area contributed by atoms with Gasteiger partial charge < -0.3 is 31.1 Å². The number of nitrogen functional groups attached to an aromatic ring is 2. The predicted octanol–water partition coefficient (Wildman–Crippen LogP) is 3.79. The minimum Gasteiger partial charge on any atom is -0.489 e. The lowest BCUT2D eigenvalue weighted by Gasteiger charge is -2.38. The molecule has 1 unspecified atom stereocenters. The van der Waals surface area contributed by atoms with Crippen molar-refractivity contribution in [3.8, 4) is 11.5 Å². The fourth-order valence-electron chi connectivity index (χ4n) is 4.20. The van der Waals surface area contributed by atoms with Crippen LogP contribution in [0.25, 0.3) is 0 Å². The second-order valence-corrected chi connectivity index (χ2v) is 9.03. The van der Waals surface area contributed by atoms with E-state index in [0.29, 0.717) is 17.9 Å². The summed E-state index contributed by atoms with van der Waals surface area (Å²) < 4.78 is 12.6. The molecule has 1 amide bonds. The van der Waals surface area contributed by atoms with Crippen LogP contribution < -0.4 is 26.3 Å². The summed E-state index contributed by atoms with van der Waals surface area (Å²) in [6, 6.07) is 7.02. The maximum Gasteiger partial charge on any atom is 0.260 e. The molecule has 1 atom stereocenters. The van der Waals surface area contributed by atoms with Crippen LogP contribution >= 0.6 is 0 Å². The van der Waals surface area contributed by atoms with Crippen LogP contribution in [0.3, 0.4) is 0 Å². The molecule has 0 spiro atoms. The highest BCUT2D eigenvalue weighted by Crippen LogP contribution is 2.42. The Balaban J connectivity index is 1.49. The molecule has 1 aromatic heterocycles. The van der Waals surface area contributed by atoms with Gasteiger partial charge in [0, 0.05) is 29.6 Å². The normalized spacial score (nSPS) is 17.8. The van der Waals surface area contributed by atoms with Crippen molar-refractivity contribution in [1.29, 1.82) is 0 Å². The topological polar surface area (TPSA) is 147 Å². The number of nitrogens with two attached hydrogens (primary N) is 2. The summed E-state index contributed by atoms with van der Waals surface area (Å²) in [4.78, 5) is 25.2. The van der Waals surface area contributed by atoms with E-state index < -0.39 is 11.5 Å². The number of rotatable bonds is 6. The Labute approximate surface area is 209 Å². The van der Waals surface area contributed by atoms with E-state index in [-0.39, 0.29) is 18.0 Å². The summed E-state index contributed by atoms with van der Waals surface area (Å²) in [6.07, 6.45) is 3.14. The molecule has 0 saturated carbocycles. The number of nitrogens with one attached hydrogen (secondary N) is 1. The van der Waals surface area contributed by atoms with E-state index in [0.717, 1.165) is 39.4 Å². The summed E-state index contributed by atoms with van der Waals surface area (Å²) in [6.45, 7) is 8.18. The molecule has 0 fully saturated rings. The molecule has 0 radical (unpaired) electrons. The van der Waals surface area contributed by atoms with E-state index >= 15 is 0 Å². The first-order valence-electron chi connectivity index (χ1n) is 11.4. The summed E-state index contributed by atoms with van der Waals surface area (Å²) >= 11 is 0. The minimum atomic E-state index is -0.693. The molecular formula is C26H30N6O4. The number of benzene rings is 2. The van der Waals surface area contributed by atoms with Crippen molar-refractivity contribution >= 4 is 28.8 Å². The molecule has 10 heteroatoms. The van der Waals surface area contributed by atoms with Crippen LogP contribution in [-0.4, -0.2) is 40.9 Å². The first-order valence-corrected chi connectivity index (χ1v) is 11.4. The Morgan fingerprint density at radius 3 is 2.56 bits per heavy atom. The minimum absolute atomic E-state index is 0.115. The fraction of sp³-hybridized carbons (Fsp3) is 0.308. The Kier molecular flexibility index (Phi) is 6.69. The number of anilines is 3. The molecule has 2 heterocycles. The number of oxime groups is 1. The monoisotopic (exact) mass is 490 g/mol. The van der Waals surface area contributed by atoms with E-state index in [9.17, 15) is 4.79 Å². The highest BCUT2D eigenvalue weighted by Gasteiger charge is 2.39. The summed E-state index contributed by atoms with van der Waals surface area (Å²) in [5.41, 5.74) is 17.4. The van der Waals surface area contributed by atoms with Crippen LogP contribution in [0, 0.1) is 20.8 Å². The van der Waals surface area contributed by atoms with Gasteiger partial charge in [0.2, 0.25) is 0 Å². The maximum absolute atomic E-state index is 12.4. The van der Waals surface area contributed by atoms with Gasteiger partial charge in [0.25, 0.3) is 5.91 Å². The lowest BCUT2D eigenvalue weighted by atomic mass is 9.85. The van der Waals surface area contributed by atoms with E-state index in [2.05, 4.69) is 20.4 Å². The van der Waals surface area contributed by atoms with E-state index in [1.807, 2.05) is 27.7 Å². The number of carbonyl (C=O) groups is 1. The van der Waals surface area contributed by atoms with Crippen LogP contribution in [0.4, 0.5) is 17.2 Å². The van der Waals surface area contributed by atoms with Gasteiger partial charge in [0.1, 0.15) is 48.5 Å². The standard InChI is InChI=1S/C26H30N6O4/c1-14-15(2)23-21(16(3)22(14)27)20(32-34-5)10-26(4,36-23)12-35-18-8-6-17(7-9-18)31-25(33)19-11-29-13-30-24(19)28/h6-9,11,13H,10,12,27H2,1-5H3,(H,31,33)(H2,28,29,30). The molecule has 1 aliphatic heterocycles. The molecule has 0 aliphatic carbocycles. The van der Waals surface area contributed by atoms with Crippen LogP contribution in [0.2, 0.25) is 0 Å². The SMILES string of the molecule is CON=C1CC(C)(COc2ccc(NC(=O)c3cncnc3N)cc2)Oc2c(C)c(C)c(N)c(C)c21. The first kappa shape index (κ1) is 24.8. The van der Waals surface area contributed by atoms with Crippen molar-refractivity contribution in [3.63, 3.8) is 0 Å². The molecular weight excluding hydrogens is 460 g/mol. The Morgan fingerprint density at radius 1 is 1.17 bits per heavy atom. The molecule has 0 bridgehead atoms. The lowest BCUT2D eigenvalue weighted by molar-refractivity contribution is 0.0353. The molecule has 10 nitrogen and oxygen atoms in total. The zero-order chi connectivity index (χ0) is 26.0. The van der Waals surface area contributed by atoms with Gasteiger partial charge in [-0.25, -0.2) is 9.97 Å². The Morgan fingerprint density at radius 2 is 1.89 bits per heavy atom. The second kappa shape index (κ2) is 9.73. The van der Waals surface area contributed by atoms with Crippen molar-refractivity contribution in [3.05, 3.63) is 64.6 Å². The first-order chi connectivity index (χ1) is 17.1. The number of fused-ring (bicyclic) bond motifs is 1. The van der Waals surface area contributed by atoms with Crippen LogP contribution in [0.5, 0.6) is 11.5 Å². The number of ether oxygens (including phenoxy) is 2. The summed E-state index contributed by atoms with van der Waals surface area (Å²) in [5, 5.41) is 7.06. The van der Waals surface area contributed by atoms with Gasteiger partial charge in [-0.1, -0.05) is 5.16 Å². The molecule has 188 valence electrons. The van der Waals surface area contributed by atoms with Crippen LogP contribution in [-0.2, 0) is 4.84 Å². The zero-order valence-electron chi connectivity index (χ0n) is 21.0. The van der Waals surface area contributed by atoms with Crippen molar-refractivity contribution in [2.45, 2.75) is 39.7 Å². The average Bonchev–Trinajstić information content (AvgIpc) is 2.86. The average molecular weight is 491 g/mol. The largest absolute Gasteiger partial charge is 0.489 e. The number of carbonyl (C=O) groups excluding carboxylic acids is 1. The quantitative estimate of drug-likeness (QED) is 0.349. The van der Waals surface area contributed by atoms with Gasteiger partial charge in [-0.05, 0) is 68.7 Å². The number of nitrogens with zero attached hydrogens (tertiary/aromatic N) is 3. The number of hydrogen-bond acceptors (Lipinski definition) is 9. The highest BCUT2D eigenvalue weighted by atomic mass is 16.6. The molecule has 1 aliphatic rings. The highest BCUT2D eigenvalue weighted by molar-refractivity contribution is 6.07. The van der Waals surface area contributed by atoms with Gasteiger partial charge in [-0.2, -0.15) is 0 Å². The van der Waals surface area contributed by atoms with Crippen molar-refractivity contribution in [2.24, 2.45) is 5.16 Å². The fourth-order valence-corrected chi connectivity index (χ4v) is 4.20. The van der Waals surface area contributed by atoms with Crippen molar-refractivity contribution < 1.29 is 19.1 Å².